The van der Waals surface area contributed by atoms with E-state index < -0.39 is 36.8 Å². The van der Waals surface area contributed by atoms with Crippen LogP contribution in [-0.2, 0) is 0 Å². The van der Waals surface area contributed by atoms with Crippen LogP contribution in [0.1, 0.15) is 79.1 Å². The Morgan fingerprint density at radius 3 is 2.14 bits per heavy atom. The minimum atomic E-state index is -4.73. The van der Waals surface area contributed by atoms with Crippen LogP contribution in [0.2, 0.25) is 0 Å². The summed E-state index contributed by atoms with van der Waals surface area (Å²) in [5.41, 5.74) is -0.563. The lowest BCUT2D eigenvalue weighted by molar-refractivity contribution is -0.305. The van der Waals surface area contributed by atoms with E-state index in [2.05, 4.69) is 10.6 Å². The van der Waals surface area contributed by atoms with Gasteiger partial charge < -0.3 is 30.5 Å². The third-order valence-corrected chi connectivity index (χ3v) is 9.91. The minimum Gasteiger partial charge on any atom is -0.491 e. The van der Waals surface area contributed by atoms with Crippen LogP contribution < -0.4 is 20.3 Å². The first-order valence-electron chi connectivity index (χ1n) is 15.8. The van der Waals surface area contributed by atoms with Crippen LogP contribution in [0.4, 0.5) is 23.7 Å². The summed E-state index contributed by atoms with van der Waals surface area (Å²) in [4.78, 5) is 14.4. The topological polar surface area (TPSA) is 94.1 Å². The number of hydrogen-bond donors (Lipinski definition) is 4. The fourth-order valence-electron chi connectivity index (χ4n) is 7.29. The number of hydrogen-bond acceptors (Lipinski definition) is 5. The molecule has 4 N–H and O–H groups in total. The molecule has 2 aromatic rings. The van der Waals surface area contributed by atoms with E-state index in [-0.39, 0.29) is 29.1 Å². The minimum absolute atomic E-state index is 0.0382. The Hall–Kier alpha value is -2.98. The molecule has 2 aromatic carbocycles. The Kier molecular flexibility index (Phi) is 8.90. The molecule has 0 aromatic heterocycles. The summed E-state index contributed by atoms with van der Waals surface area (Å²) in [5, 5.41) is 27.9. The second-order valence-corrected chi connectivity index (χ2v) is 14.0. The van der Waals surface area contributed by atoms with Crippen molar-refractivity contribution in [2.45, 2.75) is 115 Å². The Morgan fingerprint density at radius 2 is 1.59 bits per heavy atom. The van der Waals surface area contributed by atoms with Crippen molar-refractivity contribution in [3.63, 3.8) is 0 Å². The van der Waals surface area contributed by atoms with Gasteiger partial charge in [-0.05, 0) is 120 Å². The Morgan fingerprint density at radius 1 is 0.977 bits per heavy atom. The molecule has 7 nitrogen and oxygen atoms in total. The molecule has 44 heavy (non-hydrogen) atoms. The number of amides is 2. The lowest BCUT2D eigenvalue weighted by atomic mass is 9.57. The molecule has 4 aliphatic carbocycles. The molecule has 0 radical (unpaired) electrons. The summed E-state index contributed by atoms with van der Waals surface area (Å²) < 4.78 is 46.2. The average Bonchev–Trinajstić information content (AvgIpc) is 2.94. The highest BCUT2D eigenvalue weighted by Crippen LogP contribution is 2.55. The standard InChI is InChI=1S/C34H46F3N3O4/c1-22(2)38-30(42)39-32-15-12-31(13-16-32,14-17-32)21-40(29(41)26-19-33(43,20-26)34(35,36)37)27-7-5-6-25(18-27)24-8-10-28(11-9-24)44-23(3)4/h5-11,18,22-23,26,29,41,43H,12-17,19-21H2,1-4H3,(H2,38,39,42)/t26?,29-,31?,32?,33?/m0/s1. The molecule has 0 aliphatic heterocycles. The van der Waals surface area contributed by atoms with Crippen molar-refractivity contribution in [1.29, 1.82) is 0 Å². The highest BCUT2D eigenvalue weighted by Gasteiger charge is 2.63. The van der Waals surface area contributed by atoms with Crippen molar-refractivity contribution in [1.82, 2.24) is 10.6 Å². The molecule has 4 fully saturated rings. The molecule has 0 saturated heterocycles. The second kappa shape index (κ2) is 12.1. The van der Waals surface area contributed by atoms with E-state index in [4.69, 9.17) is 4.74 Å². The first-order chi connectivity index (χ1) is 20.6. The van der Waals surface area contributed by atoms with Gasteiger partial charge in [-0.15, -0.1) is 0 Å². The van der Waals surface area contributed by atoms with Gasteiger partial charge in [0.25, 0.3) is 0 Å². The number of carbonyl (C=O) groups is 1. The van der Waals surface area contributed by atoms with E-state index in [1.54, 1.807) is 0 Å². The Bertz CT molecular complexity index is 1280. The maximum Gasteiger partial charge on any atom is 0.417 e. The van der Waals surface area contributed by atoms with Crippen LogP contribution in [0.5, 0.6) is 5.75 Å². The predicted molar refractivity (Wildman–Crippen MR) is 164 cm³/mol. The third kappa shape index (κ3) is 6.81. The van der Waals surface area contributed by atoms with Crippen LogP contribution in [0.3, 0.4) is 0 Å². The van der Waals surface area contributed by atoms with E-state index in [0.717, 1.165) is 61.1 Å². The molecule has 6 rings (SSSR count). The first-order valence-corrected chi connectivity index (χ1v) is 15.8. The van der Waals surface area contributed by atoms with Crippen molar-refractivity contribution in [2.75, 3.05) is 11.4 Å². The number of aliphatic hydroxyl groups is 2. The number of anilines is 1. The van der Waals surface area contributed by atoms with Crippen molar-refractivity contribution in [3.05, 3.63) is 48.5 Å². The number of halogens is 3. The lowest BCUT2D eigenvalue weighted by Crippen LogP contribution is -2.63. The number of fused-ring (bicyclic) bond motifs is 3. The van der Waals surface area contributed by atoms with Crippen LogP contribution in [-0.4, -0.2) is 58.5 Å². The molecule has 10 heteroatoms. The van der Waals surface area contributed by atoms with Crippen LogP contribution >= 0.6 is 0 Å². The van der Waals surface area contributed by atoms with Gasteiger partial charge in [-0.3, -0.25) is 0 Å². The van der Waals surface area contributed by atoms with E-state index in [1.165, 1.54) is 0 Å². The number of nitrogens with one attached hydrogen (secondary N) is 2. The zero-order valence-electron chi connectivity index (χ0n) is 26.1. The van der Waals surface area contributed by atoms with Crippen molar-refractivity contribution >= 4 is 11.7 Å². The molecule has 0 unspecified atom stereocenters. The normalized spacial score (nSPS) is 28.8. The second-order valence-electron chi connectivity index (χ2n) is 14.0. The fraction of sp³-hybridized carbons (Fsp3) is 0.618. The Labute approximate surface area is 258 Å². The summed E-state index contributed by atoms with van der Waals surface area (Å²) in [6.45, 7) is 8.26. The molecule has 0 spiro atoms. The van der Waals surface area contributed by atoms with Crippen molar-refractivity contribution < 1.29 is 32.9 Å². The van der Waals surface area contributed by atoms with Crippen molar-refractivity contribution in [2.24, 2.45) is 11.3 Å². The third-order valence-electron chi connectivity index (χ3n) is 9.91. The number of urea groups is 1. The van der Waals surface area contributed by atoms with Gasteiger partial charge in [-0.2, -0.15) is 13.2 Å². The number of aliphatic hydroxyl groups excluding tert-OH is 1. The summed E-state index contributed by atoms with van der Waals surface area (Å²) in [6.07, 6.45) is -1.98. The molecule has 4 saturated carbocycles. The largest absolute Gasteiger partial charge is 0.491 e. The molecular weight excluding hydrogens is 571 g/mol. The summed E-state index contributed by atoms with van der Waals surface area (Å²) >= 11 is 0. The average molecular weight is 618 g/mol. The monoisotopic (exact) mass is 617 g/mol. The molecule has 242 valence electrons. The quantitative estimate of drug-likeness (QED) is 0.221. The van der Waals surface area contributed by atoms with Gasteiger partial charge in [0.15, 0.2) is 5.60 Å². The van der Waals surface area contributed by atoms with E-state index >= 15 is 0 Å². The maximum absolute atomic E-state index is 13.5. The van der Waals surface area contributed by atoms with Crippen LogP contribution in [0.15, 0.2) is 48.5 Å². The Balaban J connectivity index is 1.37. The molecule has 1 atom stereocenters. The van der Waals surface area contributed by atoms with Gasteiger partial charge in [0.05, 0.1) is 6.10 Å². The summed E-state index contributed by atoms with van der Waals surface area (Å²) in [5.74, 6) is 0.0434. The molecular formula is C34H46F3N3O4. The number of benzene rings is 2. The zero-order chi connectivity index (χ0) is 31.9. The van der Waals surface area contributed by atoms with E-state index in [0.29, 0.717) is 6.54 Å². The summed E-state index contributed by atoms with van der Waals surface area (Å²) in [7, 11) is 0. The fourth-order valence-corrected chi connectivity index (χ4v) is 7.29. The number of ether oxygens (including phenoxy) is 1. The predicted octanol–water partition coefficient (Wildman–Crippen LogP) is 6.77. The number of nitrogens with zero attached hydrogens (tertiary/aromatic N) is 1. The zero-order valence-corrected chi connectivity index (χ0v) is 26.1. The van der Waals surface area contributed by atoms with Crippen molar-refractivity contribution in [3.8, 4) is 16.9 Å². The maximum atomic E-state index is 13.5. The number of carbonyl (C=O) groups excluding carboxylic acids is 1. The molecule has 0 heterocycles. The van der Waals surface area contributed by atoms with E-state index in [1.807, 2.05) is 81.1 Å². The SMILES string of the molecule is CC(C)NC(=O)NC12CCC(CN(c3cccc(-c4ccc(OC(C)C)cc4)c3)[C@@H](O)C3CC(O)(C(F)(F)F)C3)(CC1)CC2. The highest BCUT2D eigenvalue weighted by atomic mass is 19.4. The van der Waals surface area contributed by atoms with Gasteiger partial charge in [-0.1, -0.05) is 24.3 Å². The van der Waals surface area contributed by atoms with Crippen LogP contribution in [0, 0.1) is 11.3 Å². The van der Waals surface area contributed by atoms with Crippen LogP contribution in [0.25, 0.3) is 11.1 Å². The first kappa shape index (κ1) is 32.4. The van der Waals surface area contributed by atoms with Gasteiger partial charge in [0.1, 0.15) is 12.0 Å². The lowest BCUT2D eigenvalue weighted by Gasteiger charge is -2.56. The van der Waals surface area contributed by atoms with Gasteiger partial charge in [-0.25, -0.2) is 4.79 Å². The number of alkyl halides is 3. The van der Waals surface area contributed by atoms with Gasteiger partial charge >= 0.3 is 12.2 Å². The van der Waals surface area contributed by atoms with Gasteiger partial charge in [0.2, 0.25) is 0 Å². The smallest absolute Gasteiger partial charge is 0.417 e. The van der Waals surface area contributed by atoms with Gasteiger partial charge in [0, 0.05) is 29.7 Å². The molecule has 4 aliphatic rings. The molecule has 2 amide bonds. The summed E-state index contributed by atoms with van der Waals surface area (Å²) in [6, 6.07) is 15.4. The molecule has 2 bridgehead atoms. The van der Waals surface area contributed by atoms with E-state index in [9.17, 15) is 28.2 Å². The highest BCUT2D eigenvalue weighted by molar-refractivity contribution is 5.75. The number of rotatable bonds is 10.